The van der Waals surface area contributed by atoms with Gasteiger partial charge in [0, 0.05) is 19.2 Å². The smallest absolute Gasteiger partial charge is 0.0509 e. The second-order valence-electron chi connectivity index (χ2n) is 5.93. The van der Waals surface area contributed by atoms with E-state index in [9.17, 15) is 0 Å². The molecular weight excluding hydrogens is 212 g/mol. The van der Waals surface area contributed by atoms with Crippen molar-refractivity contribution in [2.45, 2.75) is 39.2 Å². The van der Waals surface area contributed by atoms with Gasteiger partial charge in [0.05, 0.1) is 6.61 Å². The summed E-state index contributed by atoms with van der Waals surface area (Å²) in [6.07, 6.45) is 4.03. The van der Waals surface area contributed by atoms with Gasteiger partial charge in [0.25, 0.3) is 0 Å². The van der Waals surface area contributed by atoms with Crippen molar-refractivity contribution in [1.29, 1.82) is 0 Å². The Morgan fingerprint density at radius 1 is 1.29 bits per heavy atom. The molecule has 0 aliphatic carbocycles. The Morgan fingerprint density at radius 2 is 2.06 bits per heavy atom. The van der Waals surface area contributed by atoms with Crippen molar-refractivity contribution in [3.63, 3.8) is 0 Å². The number of likely N-dealkylation sites (tertiary alicyclic amines) is 1. The highest BCUT2D eigenvalue weighted by Gasteiger charge is 2.22. The van der Waals surface area contributed by atoms with Gasteiger partial charge in [0.2, 0.25) is 0 Å². The van der Waals surface area contributed by atoms with Gasteiger partial charge in [-0.3, -0.25) is 0 Å². The molecule has 2 aliphatic heterocycles. The molecule has 0 spiro atoms. The van der Waals surface area contributed by atoms with Crippen LogP contribution in [0.2, 0.25) is 0 Å². The Labute approximate surface area is 106 Å². The second kappa shape index (κ2) is 6.72. The summed E-state index contributed by atoms with van der Waals surface area (Å²) in [5.41, 5.74) is 0. The maximum atomic E-state index is 5.44. The molecule has 0 saturated carbocycles. The summed E-state index contributed by atoms with van der Waals surface area (Å²) in [5.74, 6) is 1.49. The topological polar surface area (TPSA) is 24.5 Å². The minimum absolute atomic E-state index is 0.610. The molecule has 3 unspecified atom stereocenters. The maximum Gasteiger partial charge on any atom is 0.0509 e. The normalized spacial score (nSPS) is 29.6. The van der Waals surface area contributed by atoms with E-state index in [0.29, 0.717) is 6.04 Å². The highest BCUT2D eigenvalue weighted by atomic mass is 16.5. The molecule has 3 nitrogen and oxygen atoms in total. The van der Waals surface area contributed by atoms with Crippen LogP contribution >= 0.6 is 0 Å². The van der Waals surface area contributed by atoms with Crippen LogP contribution in [-0.4, -0.2) is 50.3 Å². The molecule has 100 valence electrons. The van der Waals surface area contributed by atoms with Gasteiger partial charge in [0.1, 0.15) is 0 Å². The van der Waals surface area contributed by atoms with E-state index < -0.39 is 0 Å². The number of nitrogens with one attached hydrogen (secondary N) is 1. The molecular formula is C14H28N2O. The van der Waals surface area contributed by atoms with Crippen molar-refractivity contribution in [2.24, 2.45) is 11.8 Å². The summed E-state index contributed by atoms with van der Waals surface area (Å²) in [6, 6.07) is 0.610. The third kappa shape index (κ3) is 4.23. The quantitative estimate of drug-likeness (QED) is 0.765. The van der Waals surface area contributed by atoms with Gasteiger partial charge < -0.3 is 15.0 Å². The minimum Gasteiger partial charge on any atom is -0.381 e. The van der Waals surface area contributed by atoms with Crippen LogP contribution in [0.4, 0.5) is 0 Å². The second-order valence-corrected chi connectivity index (χ2v) is 5.93. The van der Waals surface area contributed by atoms with Crippen molar-refractivity contribution >= 4 is 0 Å². The lowest BCUT2D eigenvalue weighted by molar-refractivity contribution is 0.177. The van der Waals surface area contributed by atoms with E-state index in [1.807, 2.05) is 0 Å². The Bertz CT molecular complexity index is 210. The molecule has 0 amide bonds. The zero-order chi connectivity index (χ0) is 12.1. The Balaban J connectivity index is 1.59. The Kier molecular flexibility index (Phi) is 5.26. The Hall–Kier alpha value is -0.120. The third-order valence-electron chi connectivity index (χ3n) is 4.23. The highest BCUT2D eigenvalue weighted by Crippen LogP contribution is 2.16. The van der Waals surface area contributed by atoms with Crippen molar-refractivity contribution in [3.05, 3.63) is 0 Å². The van der Waals surface area contributed by atoms with Gasteiger partial charge in [-0.15, -0.1) is 0 Å². The van der Waals surface area contributed by atoms with Gasteiger partial charge in [0.15, 0.2) is 0 Å². The molecule has 0 bridgehead atoms. The molecule has 0 radical (unpaired) electrons. The zero-order valence-electron chi connectivity index (χ0n) is 11.5. The first kappa shape index (κ1) is 13.3. The molecule has 2 heterocycles. The van der Waals surface area contributed by atoms with Crippen molar-refractivity contribution in [1.82, 2.24) is 10.2 Å². The largest absolute Gasteiger partial charge is 0.381 e. The first-order chi connectivity index (χ1) is 8.25. The van der Waals surface area contributed by atoms with Crippen molar-refractivity contribution in [2.75, 3.05) is 39.4 Å². The van der Waals surface area contributed by atoms with Gasteiger partial charge in [-0.2, -0.15) is 0 Å². The summed E-state index contributed by atoms with van der Waals surface area (Å²) in [7, 11) is 0. The van der Waals surface area contributed by atoms with Gasteiger partial charge in [-0.05, 0) is 57.7 Å². The average molecular weight is 240 g/mol. The summed E-state index contributed by atoms with van der Waals surface area (Å²) in [5, 5.41) is 3.69. The summed E-state index contributed by atoms with van der Waals surface area (Å²) < 4.78 is 5.44. The molecule has 0 aromatic heterocycles. The van der Waals surface area contributed by atoms with Crippen LogP contribution in [0, 0.1) is 11.8 Å². The van der Waals surface area contributed by atoms with Crippen LogP contribution in [0.25, 0.3) is 0 Å². The fourth-order valence-corrected chi connectivity index (χ4v) is 2.97. The van der Waals surface area contributed by atoms with Gasteiger partial charge >= 0.3 is 0 Å². The van der Waals surface area contributed by atoms with Crippen molar-refractivity contribution in [3.8, 4) is 0 Å². The molecule has 0 aromatic rings. The number of ether oxygens (including phenoxy) is 1. The van der Waals surface area contributed by atoms with E-state index >= 15 is 0 Å². The summed E-state index contributed by atoms with van der Waals surface area (Å²) >= 11 is 0. The van der Waals surface area contributed by atoms with Gasteiger partial charge in [-0.25, -0.2) is 0 Å². The van der Waals surface area contributed by atoms with Crippen LogP contribution in [0.1, 0.15) is 33.1 Å². The van der Waals surface area contributed by atoms with Crippen LogP contribution in [-0.2, 0) is 4.74 Å². The lowest BCUT2D eigenvalue weighted by Crippen LogP contribution is -2.39. The molecule has 2 rings (SSSR count). The van der Waals surface area contributed by atoms with Crippen LogP contribution in [0.3, 0.4) is 0 Å². The molecule has 2 aliphatic rings. The average Bonchev–Trinajstić information content (AvgIpc) is 2.97. The number of rotatable bonds is 6. The molecule has 17 heavy (non-hydrogen) atoms. The predicted octanol–water partition coefficient (Wildman–Crippen LogP) is 1.73. The fraction of sp³-hybridized carbons (Fsp3) is 1.00. The van der Waals surface area contributed by atoms with E-state index in [-0.39, 0.29) is 0 Å². The number of hydrogen-bond donors (Lipinski definition) is 1. The predicted molar refractivity (Wildman–Crippen MR) is 71.2 cm³/mol. The number of nitrogens with zero attached hydrogens (tertiary/aromatic N) is 1. The van der Waals surface area contributed by atoms with Crippen LogP contribution < -0.4 is 5.32 Å². The zero-order valence-corrected chi connectivity index (χ0v) is 11.5. The third-order valence-corrected chi connectivity index (χ3v) is 4.23. The number of hydrogen-bond acceptors (Lipinski definition) is 3. The summed E-state index contributed by atoms with van der Waals surface area (Å²) in [4.78, 5) is 2.61. The molecule has 3 atom stereocenters. The molecule has 0 aromatic carbocycles. The first-order valence-corrected chi connectivity index (χ1v) is 7.29. The monoisotopic (exact) mass is 240 g/mol. The first-order valence-electron chi connectivity index (χ1n) is 7.29. The standard InChI is InChI=1S/C14H28N2O/c1-12(10-16-6-3-4-7-16)9-15-13(2)14-5-8-17-11-14/h12-15H,3-11H2,1-2H3. The lowest BCUT2D eigenvalue weighted by atomic mass is 10.00. The molecule has 1 N–H and O–H groups in total. The highest BCUT2D eigenvalue weighted by molar-refractivity contribution is 4.77. The van der Waals surface area contributed by atoms with E-state index in [0.717, 1.165) is 31.6 Å². The van der Waals surface area contributed by atoms with Crippen LogP contribution in [0.5, 0.6) is 0 Å². The van der Waals surface area contributed by atoms with Crippen molar-refractivity contribution < 1.29 is 4.74 Å². The van der Waals surface area contributed by atoms with E-state index in [2.05, 4.69) is 24.1 Å². The van der Waals surface area contributed by atoms with Gasteiger partial charge in [-0.1, -0.05) is 6.92 Å². The molecule has 2 saturated heterocycles. The Morgan fingerprint density at radius 3 is 2.71 bits per heavy atom. The SMILES string of the molecule is CC(CNC(C)C1CCOC1)CN1CCCC1. The maximum absolute atomic E-state index is 5.44. The van der Waals surface area contributed by atoms with E-state index in [1.165, 1.54) is 38.9 Å². The van der Waals surface area contributed by atoms with Crippen LogP contribution in [0.15, 0.2) is 0 Å². The minimum atomic E-state index is 0.610. The van der Waals surface area contributed by atoms with E-state index in [4.69, 9.17) is 4.74 Å². The lowest BCUT2D eigenvalue weighted by Gasteiger charge is -2.24. The fourth-order valence-electron chi connectivity index (χ4n) is 2.97. The van der Waals surface area contributed by atoms with E-state index in [1.54, 1.807) is 0 Å². The molecule has 3 heteroatoms. The molecule has 2 fully saturated rings. The summed E-state index contributed by atoms with van der Waals surface area (Å²) in [6.45, 7) is 11.6.